The maximum atomic E-state index is 13.0. The van der Waals surface area contributed by atoms with Crippen molar-refractivity contribution in [3.05, 3.63) is 59.7 Å². The summed E-state index contributed by atoms with van der Waals surface area (Å²) in [4.78, 5) is 10.6. The van der Waals surface area contributed by atoms with Crippen molar-refractivity contribution in [2.75, 3.05) is 13.2 Å². The average Bonchev–Trinajstić information content (AvgIpc) is 2.66. The van der Waals surface area contributed by atoms with E-state index in [-0.39, 0.29) is 31.8 Å². The molecular weight excluding hydrogens is 434 g/mol. The van der Waals surface area contributed by atoms with E-state index in [0.717, 1.165) is 6.07 Å². The van der Waals surface area contributed by atoms with E-state index in [9.17, 15) is 36.2 Å². The van der Waals surface area contributed by atoms with Crippen molar-refractivity contribution < 1.29 is 50.8 Å². The molecule has 170 valence electrons. The monoisotopic (exact) mass is 452 g/mol. The number of benzene rings is 2. The van der Waals surface area contributed by atoms with Crippen molar-refractivity contribution in [2.45, 2.75) is 30.8 Å². The molecule has 0 amide bonds. The van der Waals surface area contributed by atoms with Gasteiger partial charge in [0.2, 0.25) is 0 Å². The van der Waals surface area contributed by atoms with E-state index in [1.165, 1.54) is 6.07 Å². The smallest absolute Gasteiger partial charge is 0.430 e. The van der Waals surface area contributed by atoms with Gasteiger partial charge in [0.1, 0.15) is 11.5 Å². The van der Waals surface area contributed by atoms with Crippen molar-refractivity contribution in [3.8, 4) is 11.5 Å². The summed E-state index contributed by atoms with van der Waals surface area (Å²) in [5.41, 5.74) is -5.83. The molecule has 2 N–H and O–H groups in total. The van der Waals surface area contributed by atoms with Crippen LogP contribution >= 0.6 is 0 Å². The molecule has 0 fully saturated rings. The van der Waals surface area contributed by atoms with E-state index in [2.05, 4.69) is 0 Å². The SMILES string of the molecule is O=C(O)Cc1ccc(OCCCOc2cccc(C(O)(C(F)(F)F)C(F)(F)F)c2)cc1. The lowest BCUT2D eigenvalue weighted by Crippen LogP contribution is -2.53. The highest BCUT2D eigenvalue weighted by Crippen LogP contribution is 2.50. The molecule has 0 aliphatic rings. The third-order valence-corrected chi connectivity index (χ3v) is 4.18. The Morgan fingerprint density at radius 3 is 1.90 bits per heavy atom. The molecule has 0 spiro atoms. The fourth-order valence-corrected chi connectivity index (χ4v) is 2.62. The number of ether oxygens (including phenoxy) is 2. The lowest BCUT2D eigenvalue weighted by Gasteiger charge is -2.32. The molecule has 0 unspecified atom stereocenters. The standard InChI is InChI=1S/C20H18F6O5/c21-19(22,23)18(29,20(24,25)26)14-3-1-4-16(12-14)31-10-2-9-30-15-7-5-13(6-8-15)11-17(27)28/h1,3-8,12,29H,2,9-11H2,(H,27,28). The summed E-state index contributed by atoms with van der Waals surface area (Å²) in [7, 11) is 0. The van der Waals surface area contributed by atoms with Crippen LogP contribution in [0.1, 0.15) is 17.5 Å². The van der Waals surface area contributed by atoms with Crippen LogP contribution < -0.4 is 9.47 Å². The van der Waals surface area contributed by atoms with Crippen molar-refractivity contribution in [1.82, 2.24) is 0 Å². The largest absolute Gasteiger partial charge is 0.493 e. The van der Waals surface area contributed by atoms with Crippen LogP contribution in [0.5, 0.6) is 11.5 Å². The molecule has 0 heterocycles. The third kappa shape index (κ3) is 6.03. The molecule has 0 saturated carbocycles. The van der Waals surface area contributed by atoms with Crippen LogP contribution in [-0.2, 0) is 16.8 Å². The summed E-state index contributed by atoms with van der Waals surface area (Å²) < 4.78 is 88.4. The molecule has 0 atom stereocenters. The Labute approximate surface area is 172 Å². The molecule has 31 heavy (non-hydrogen) atoms. The van der Waals surface area contributed by atoms with Gasteiger partial charge in [0, 0.05) is 12.0 Å². The quantitative estimate of drug-likeness (QED) is 0.434. The number of alkyl halides is 6. The Kier molecular flexibility index (Phi) is 7.42. The summed E-state index contributed by atoms with van der Waals surface area (Å²) in [6, 6.07) is 9.38. The predicted octanol–water partition coefficient (Wildman–Crippen LogP) is 4.47. The van der Waals surface area contributed by atoms with Crippen LogP contribution in [0.25, 0.3) is 0 Å². The van der Waals surface area contributed by atoms with Crippen molar-refractivity contribution in [3.63, 3.8) is 0 Å². The molecule has 2 aromatic carbocycles. The molecule has 0 aliphatic heterocycles. The third-order valence-electron chi connectivity index (χ3n) is 4.18. The Bertz CT molecular complexity index is 863. The maximum absolute atomic E-state index is 13.0. The number of carboxylic acids is 1. The number of hydrogen-bond donors (Lipinski definition) is 2. The zero-order valence-corrected chi connectivity index (χ0v) is 15.8. The van der Waals surface area contributed by atoms with Gasteiger partial charge >= 0.3 is 18.3 Å². The van der Waals surface area contributed by atoms with Crippen molar-refractivity contribution in [2.24, 2.45) is 0 Å². The Morgan fingerprint density at radius 2 is 1.39 bits per heavy atom. The van der Waals surface area contributed by atoms with Gasteiger partial charge in [-0.25, -0.2) is 0 Å². The van der Waals surface area contributed by atoms with Crippen LogP contribution in [0.4, 0.5) is 26.3 Å². The lowest BCUT2D eigenvalue weighted by atomic mass is 9.92. The molecule has 5 nitrogen and oxygen atoms in total. The van der Waals surface area contributed by atoms with E-state index in [0.29, 0.717) is 23.4 Å². The van der Waals surface area contributed by atoms with Crippen molar-refractivity contribution >= 4 is 5.97 Å². The Balaban J connectivity index is 1.92. The Morgan fingerprint density at radius 1 is 0.839 bits per heavy atom. The minimum Gasteiger partial charge on any atom is -0.493 e. The van der Waals surface area contributed by atoms with Gasteiger partial charge in [-0.1, -0.05) is 24.3 Å². The minimum atomic E-state index is -5.97. The molecule has 0 saturated heterocycles. The van der Waals surface area contributed by atoms with E-state index in [1.54, 1.807) is 24.3 Å². The molecular formula is C20H18F6O5. The minimum absolute atomic E-state index is 0.0724. The van der Waals surface area contributed by atoms with Gasteiger partial charge in [-0.3, -0.25) is 4.79 Å². The molecule has 2 rings (SSSR count). The summed E-state index contributed by atoms with van der Waals surface area (Å²) in [5.74, 6) is -0.794. The van der Waals surface area contributed by atoms with Gasteiger partial charge < -0.3 is 19.7 Å². The van der Waals surface area contributed by atoms with E-state index in [1.807, 2.05) is 0 Å². The maximum Gasteiger partial charge on any atom is 0.430 e. The number of hydrogen-bond acceptors (Lipinski definition) is 4. The summed E-state index contributed by atoms with van der Waals surface area (Å²) in [6.07, 6.45) is -11.8. The highest BCUT2D eigenvalue weighted by molar-refractivity contribution is 5.70. The number of carbonyl (C=O) groups is 1. The van der Waals surface area contributed by atoms with Crippen LogP contribution in [0.2, 0.25) is 0 Å². The molecule has 0 bridgehead atoms. The number of aliphatic hydroxyl groups is 1. The first-order valence-corrected chi connectivity index (χ1v) is 8.87. The fraction of sp³-hybridized carbons (Fsp3) is 0.350. The van der Waals surface area contributed by atoms with Gasteiger partial charge in [-0.2, -0.15) is 26.3 Å². The van der Waals surface area contributed by atoms with Gasteiger partial charge in [0.25, 0.3) is 5.60 Å². The van der Waals surface area contributed by atoms with E-state index < -0.39 is 29.5 Å². The predicted molar refractivity (Wildman–Crippen MR) is 95.8 cm³/mol. The van der Waals surface area contributed by atoms with Crippen LogP contribution in [-0.4, -0.2) is 41.7 Å². The molecule has 0 aliphatic carbocycles. The zero-order chi connectivity index (χ0) is 23.3. The summed E-state index contributed by atoms with van der Waals surface area (Å²) in [6.45, 7) is 0.0595. The van der Waals surface area contributed by atoms with Crippen LogP contribution in [0, 0.1) is 0 Å². The molecule has 0 radical (unpaired) electrons. The second kappa shape index (κ2) is 9.46. The topological polar surface area (TPSA) is 76.0 Å². The van der Waals surface area contributed by atoms with Crippen LogP contribution in [0.15, 0.2) is 48.5 Å². The summed E-state index contributed by atoms with van der Waals surface area (Å²) >= 11 is 0. The lowest BCUT2D eigenvalue weighted by molar-refractivity contribution is -0.376. The fourth-order valence-electron chi connectivity index (χ4n) is 2.62. The second-order valence-corrected chi connectivity index (χ2v) is 6.50. The highest BCUT2D eigenvalue weighted by Gasteiger charge is 2.71. The molecule has 2 aromatic rings. The highest BCUT2D eigenvalue weighted by atomic mass is 19.4. The van der Waals surface area contributed by atoms with Gasteiger partial charge in [-0.05, 0) is 29.8 Å². The normalized spacial score (nSPS) is 12.5. The number of carboxylic acid groups (broad SMARTS) is 1. The van der Waals surface area contributed by atoms with Crippen molar-refractivity contribution in [1.29, 1.82) is 0 Å². The number of aliphatic carboxylic acids is 1. The first-order chi connectivity index (χ1) is 14.3. The van der Waals surface area contributed by atoms with Gasteiger partial charge in [0.05, 0.1) is 19.6 Å². The van der Waals surface area contributed by atoms with E-state index in [4.69, 9.17) is 14.6 Å². The number of rotatable bonds is 9. The van der Waals surface area contributed by atoms with Gasteiger partial charge in [-0.15, -0.1) is 0 Å². The van der Waals surface area contributed by atoms with Crippen LogP contribution in [0.3, 0.4) is 0 Å². The first kappa shape index (κ1) is 24.3. The molecule has 0 aromatic heterocycles. The Hall–Kier alpha value is -2.95. The number of halogens is 6. The van der Waals surface area contributed by atoms with E-state index >= 15 is 0 Å². The second-order valence-electron chi connectivity index (χ2n) is 6.50. The molecule has 11 heteroatoms. The summed E-state index contributed by atoms with van der Waals surface area (Å²) in [5, 5.41) is 18.1. The average molecular weight is 452 g/mol. The zero-order valence-electron chi connectivity index (χ0n) is 15.8. The van der Waals surface area contributed by atoms with Gasteiger partial charge in [0.15, 0.2) is 0 Å². The first-order valence-electron chi connectivity index (χ1n) is 8.87.